The highest BCUT2D eigenvalue weighted by Crippen LogP contribution is 2.31. The lowest BCUT2D eigenvalue weighted by atomic mass is 9.93. The number of anilines is 1. The first-order chi connectivity index (χ1) is 8.23. The fourth-order valence-corrected chi connectivity index (χ4v) is 1.76. The standard InChI is InChI=1S/C13H18N2O3/c1-7-8(2)11(17)15(10(7)16)12-14-9(6-18-12)13(3,4)5/h6,10,16H,1-5H3. The zero-order valence-corrected chi connectivity index (χ0v) is 11.3. The van der Waals surface area contributed by atoms with Crippen molar-refractivity contribution in [2.75, 3.05) is 4.90 Å². The lowest BCUT2D eigenvalue weighted by molar-refractivity contribution is -0.115. The molecule has 1 aliphatic heterocycles. The van der Waals surface area contributed by atoms with Crippen molar-refractivity contribution in [3.05, 3.63) is 23.1 Å². The van der Waals surface area contributed by atoms with Gasteiger partial charge in [-0.2, -0.15) is 4.98 Å². The monoisotopic (exact) mass is 250 g/mol. The summed E-state index contributed by atoms with van der Waals surface area (Å²) in [6.45, 7) is 9.43. The summed E-state index contributed by atoms with van der Waals surface area (Å²) >= 11 is 0. The quantitative estimate of drug-likeness (QED) is 0.827. The fraction of sp³-hybridized carbons (Fsp3) is 0.538. The maximum atomic E-state index is 12.0. The minimum atomic E-state index is -0.982. The summed E-state index contributed by atoms with van der Waals surface area (Å²) in [5.74, 6) is -0.262. The smallest absolute Gasteiger partial charge is 0.307 e. The molecule has 0 aromatic carbocycles. The van der Waals surface area contributed by atoms with Gasteiger partial charge in [-0.25, -0.2) is 4.90 Å². The maximum Gasteiger partial charge on any atom is 0.307 e. The van der Waals surface area contributed by atoms with Crippen LogP contribution < -0.4 is 4.90 Å². The summed E-state index contributed by atoms with van der Waals surface area (Å²) < 4.78 is 5.32. The van der Waals surface area contributed by atoms with Gasteiger partial charge in [0, 0.05) is 11.0 Å². The molecule has 1 aliphatic rings. The van der Waals surface area contributed by atoms with E-state index in [0.29, 0.717) is 11.1 Å². The average molecular weight is 250 g/mol. The number of carbonyl (C=O) groups is 1. The van der Waals surface area contributed by atoms with E-state index in [1.54, 1.807) is 13.8 Å². The van der Waals surface area contributed by atoms with Gasteiger partial charge in [-0.3, -0.25) is 4.79 Å². The van der Waals surface area contributed by atoms with Gasteiger partial charge in [0.15, 0.2) is 6.23 Å². The zero-order chi connectivity index (χ0) is 13.7. The van der Waals surface area contributed by atoms with Crippen LogP contribution in [0.5, 0.6) is 0 Å². The molecule has 5 nitrogen and oxygen atoms in total. The number of hydrogen-bond acceptors (Lipinski definition) is 4. The molecule has 5 heteroatoms. The summed E-state index contributed by atoms with van der Waals surface area (Å²) in [6.07, 6.45) is 0.544. The number of carbonyl (C=O) groups excluding carboxylic acids is 1. The number of aromatic nitrogens is 1. The highest BCUT2D eigenvalue weighted by atomic mass is 16.4. The van der Waals surface area contributed by atoms with Crippen molar-refractivity contribution in [2.45, 2.75) is 46.3 Å². The Hall–Kier alpha value is -1.62. The second-order valence-corrected chi connectivity index (χ2v) is 5.62. The molecule has 1 atom stereocenters. The topological polar surface area (TPSA) is 66.6 Å². The molecule has 1 N–H and O–H groups in total. The van der Waals surface area contributed by atoms with Crippen LogP contribution in [0.4, 0.5) is 6.01 Å². The number of oxazole rings is 1. The molecule has 0 bridgehead atoms. The van der Waals surface area contributed by atoms with E-state index in [1.165, 1.54) is 11.2 Å². The molecule has 0 saturated carbocycles. The van der Waals surface area contributed by atoms with Crippen molar-refractivity contribution in [3.8, 4) is 0 Å². The normalized spacial score (nSPS) is 21.1. The van der Waals surface area contributed by atoms with E-state index in [0.717, 1.165) is 5.69 Å². The highest BCUT2D eigenvalue weighted by Gasteiger charge is 2.37. The van der Waals surface area contributed by atoms with Gasteiger partial charge in [-0.05, 0) is 19.4 Å². The third-order valence-corrected chi connectivity index (χ3v) is 3.23. The number of rotatable bonds is 1. The van der Waals surface area contributed by atoms with Crippen LogP contribution >= 0.6 is 0 Å². The van der Waals surface area contributed by atoms with Crippen molar-refractivity contribution < 1.29 is 14.3 Å². The Kier molecular flexibility index (Phi) is 2.81. The predicted molar refractivity (Wildman–Crippen MR) is 67.1 cm³/mol. The molecular weight excluding hydrogens is 232 g/mol. The Morgan fingerprint density at radius 2 is 2.00 bits per heavy atom. The molecule has 1 unspecified atom stereocenters. The Bertz CT molecular complexity index is 523. The minimum Gasteiger partial charge on any atom is -0.431 e. The van der Waals surface area contributed by atoms with Crippen LogP contribution in [0.2, 0.25) is 0 Å². The van der Waals surface area contributed by atoms with E-state index >= 15 is 0 Å². The second kappa shape index (κ2) is 3.95. The lowest BCUT2D eigenvalue weighted by Crippen LogP contribution is -2.35. The van der Waals surface area contributed by atoms with E-state index in [1.807, 2.05) is 20.8 Å². The third-order valence-electron chi connectivity index (χ3n) is 3.23. The van der Waals surface area contributed by atoms with Crippen LogP contribution in [0.15, 0.2) is 21.8 Å². The second-order valence-electron chi connectivity index (χ2n) is 5.62. The van der Waals surface area contributed by atoms with Crippen molar-refractivity contribution in [1.82, 2.24) is 4.98 Å². The molecule has 2 heterocycles. The fourth-order valence-electron chi connectivity index (χ4n) is 1.76. The van der Waals surface area contributed by atoms with E-state index < -0.39 is 6.23 Å². The molecule has 0 aliphatic carbocycles. The number of hydrogen-bond donors (Lipinski definition) is 1. The molecule has 0 fully saturated rings. The minimum absolute atomic E-state index is 0.147. The average Bonchev–Trinajstić information content (AvgIpc) is 2.81. The third kappa shape index (κ3) is 1.84. The Morgan fingerprint density at radius 1 is 1.39 bits per heavy atom. The molecule has 0 spiro atoms. The molecule has 1 aromatic rings. The maximum absolute atomic E-state index is 12.0. The van der Waals surface area contributed by atoms with Gasteiger partial charge in [0.05, 0.1) is 5.69 Å². The number of nitrogens with zero attached hydrogens (tertiary/aromatic N) is 2. The molecule has 0 saturated heterocycles. The largest absolute Gasteiger partial charge is 0.431 e. The van der Waals surface area contributed by atoms with Gasteiger partial charge < -0.3 is 9.52 Å². The first-order valence-electron chi connectivity index (χ1n) is 5.88. The number of aliphatic hydroxyl groups is 1. The summed E-state index contributed by atoms with van der Waals surface area (Å²) in [7, 11) is 0. The Labute approximate surface area is 106 Å². The molecule has 18 heavy (non-hydrogen) atoms. The van der Waals surface area contributed by atoms with Gasteiger partial charge >= 0.3 is 6.01 Å². The van der Waals surface area contributed by atoms with Gasteiger partial charge in [-0.1, -0.05) is 20.8 Å². The first kappa shape index (κ1) is 12.8. The number of aliphatic hydroxyl groups excluding tert-OH is 1. The van der Waals surface area contributed by atoms with Crippen molar-refractivity contribution in [2.24, 2.45) is 0 Å². The summed E-state index contributed by atoms with van der Waals surface area (Å²) in [5.41, 5.74) is 1.76. The van der Waals surface area contributed by atoms with E-state index in [2.05, 4.69) is 4.98 Å². The van der Waals surface area contributed by atoms with Crippen LogP contribution in [-0.2, 0) is 10.2 Å². The SMILES string of the molecule is CC1=C(C)C(O)N(c2nc(C(C)(C)C)co2)C1=O. The molecule has 98 valence electrons. The van der Waals surface area contributed by atoms with Gasteiger partial charge in [-0.15, -0.1) is 0 Å². The van der Waals surface area contributed by atoms with Gasteiger partial charge in [0.25, 0.3) is 5.91 Å². The first-order valence-corrected chi connectivity index (χ1v) is 5.88. The molecular formula is C13H18N2O3. The highest BCUT2D eigenvalue weighted by molar-refractivity contribution is 6.08. The molecule has 1 amide bonds. The summed E-state index contributed by atoms with van der Waals surface area (Å²) in [6, 6.07) is 0.147. The summed E-state index contributed by atoms with van der Waals surface area (Å²) in [4.78, 5) is 17.5. The van der Waals surface area contributed by atoms with E-state index in [4.69, 9.17) is 4.42 Å². The van der Waals surface area contributed by atoms with E-state index in [-0.39, 0.29) is 17.3 Å². The van der Waals surface area contributed by atoms with Gasteiger partial charge in [0.1, 0.15) is 6.26 Å². The Balaban J connectivity index is 2.35. The summed E-state index contributed by atoms with van der Waals surface area (Å²) in [5, 5.41) is 10.0. The van der Waals surface area contributed by atoms with Crippen molar-refractivity contribution in [3.63, 3.8) is 0 Å². The van der Waals surface area contributed by atoms with Crippen LogP contribution in [0, 0.1) is 0 Å². The number of amides is 1. The zero-order valence-electron chi connectivity index (χ0n) is 11.3. The lowest BCUT2D eigenvalue weighted by Gasteiger charge is -2.18. The van der Waals surface area contributed by atoms with Crippen LogP contribution in [0.3, 0.4) is 0 Å². The van der Waals surface area contributed by atoms with Crippen molar-refractivity contribution in [1.29, 1.82) is 0 Å². The predicted octanol–water partition coefficient (Wildman–Crippen LogP) is 1.97. The van der Waals surface area contributed by atoms with Crippen molar-refractivity contribution >= 4 is 11.9 Å². The molecule has 1 aromatic heterocycles. The van der Waals surface area contributed by atoms with Crippen LogP contribution in [0.25, 0.3) is 0 Å². The molecule has 2 rings (SSSR count). The van der Waals surface area contributed by atoms with Gasteiger partial charge in [0.2, 0.25) is 0 Å². The van der Waals surface area contributed by atoms with Crippen LogP contribution in [0.1, 0.15) is 40.3 Å². The molecule has 0 radical (unpaired) electrons. The van der Waals surface area contributed by atoms with Crippen LogP contribution in [-0.4, -0.2) is 22.2 Å². The van der Waals surface area contributed by atoms with E-state index in [9.17, 15) is 9.90 Å². The Morgan fingerprint density at radius 3 is 2.39 bits per heavy atom.